The number of aryl methyl sites for hydroxylation is 1. The summed E-state index contributed by atoms with van der Waals surface area (Å²) < 4.78 is 7.62. The lowest BCUT2D eigenvalue weighted by molar-refractivity contribution is -0.142. The van der Waals surface area contributed by atoms with Gasteiger partial charge in [-0.05, 0) is 25.5 Å². The lowest BCUT2D eigenvalue weighted by Crippen LogP contribution is -2.25. The molecule has 1 aliphatic rings. The van der Waals surface area contributed by atoms with E-state index in [1.54, 1.807) is 6.20 Å². The maximum Gasteiger partial charge on any atom is 0.306 e. The molecule has 0 saturated heterocycles. The van der Waals surface area contributed by atoms with Gasteiger partial charge in [-0.3, -0.25) is 4.79 Å². The van der Waals surface area contributed by atoms with E-state index >= 15 is 0 Å². The Morgan fingerprint density at radius 2 is 2.39 bits per heavy atom. The number of hydrogen-bond acceptors (Lipinski definition) is 3. The van der Waals surface area contributed by atoms with E-state index < -0.39 is 5.97 Å². The van der Waals surface area contributed by atoms with Gasteiger partial charge in [0.15, 0.2) is 11.6 Å². The number of aliphatic carboxylic acids is 1. The Kier molecular flexibility index (Phi) is 2.47. The normalized spacial score (nSPS) is 18.6. The van der Waals surface area contributed by atoms with Gasteiger partial charge in [0.2, 0.25) is 0 Å². The molecule has 0 aliphatic carbocycles. The molecule has 18 heavy (non-hydrogen) atoms. The molecule has 0 spiro atoms. The van der Waals surface area contributed by atoms with Gasteiger partial charge in [-0.15, -0.1) is 0 Å². The molecule has 1 aliphatic heterocycles. The highest BCUT2D eigenvalue weighted by Crippen LogP contribution is 2.28. The van der Waals surface area contributed by atoms with Gasteiger partial charge in [-0.1, -0.05) is 0 Å². The van der Waals surface area contributed by atoms with E-state index in [0.29, 0.717) is 19.4 Å². The van der Waals surface area contributed by atoms with Crippen molar-refractivity contribution < 1.29 is 14.3 Å². The van der Waals surface area contributed by atoms with Crippen LogP contribution < -0.4 is 0 Å². The Labute approximate surface area is 104 Å². The summed E-state index contributed by atoms with van der Waals surface area (Å²) in [5.74, 6) is 1.37. The molecule has 94 valence electrons. The van der Waals surface area contributed by atoms with Gasteiger partial charge in [-0.2, -0.15) is 0 Å². The quantitative estimate of drug-likeness (QED) is 0.881. The van der Waals surface area contributed by atoms with Crippen molar-refractivity contribution in [3.05, 3.63) is 29.8 Å². The number of fused-ring (bicyclic) bond motifs is 1. The molecule has 3 heterocycles. The molecular formula is C13H14N2O3. The molecule has 0 fully saturated rings. The first-order valence-corrected chi connectivity index (χ1v) is 5.99. The summed E-state index contributed by atoms with van der Waals surface area (Å²) in [6.07, 6.45) is 2.94. The monoisotopic (exact) mass is 246 g/mol. The highest BCUT2D eigenvalue weighted by atomic mass is 16.4. The number of rotatable bonds is 2. The van der Waals surface area contributed by atoms with Gasteiger partial charge in [0.1, 0.15) is 5.76 Å². The zero-order chi connectivity index (χ0) is 12.7. The average Bonchev–Trinajstić information content (AvgIpc) is 2.93. The second-order valence-corrected chi connectivity index (χ2v) is 4.66. The highest BCUT2D eigenvalue weighted by molar-refractivity contribution is 5.70. The SMILES string of the molecule is Cc1ccc(-c2ncc3n2CCC(C(=O)O)C3)o1. The molecule has 5 heteroatoms. The fourth-order valence-electron chi connectivity index (χ4n) is 2.43. The van der Waals surface area contributed by atoms with E-state index in [1.807, 2.05) is 19.1 Å². The minimum atomic E-state index is -0.724. The predicted octanol–water partition coefficient (Wildman–Crippen LogP) is 2.10. The van der Waals surface area contributed by atoms with Crippen LogP contribution in [0.2, 0.25) is 0 Å². The van der Waals surface area contributed by atoms with Gasteiger partial charge in [0.25, 0.3) is 0 Å². The van der Waals surface area contributed by atoms with Gasteiger partial charge in [0, 0.05) is 24.9 Å². The molecule has 2 aromatic rings. The molecule has 0 aromatic carbocycles. The van der Waals surface area contributed by atoms with Crippen LogP contribution in [0, 0.1) is 12.8 Å². The zero-order valence-corrected chi connectivity index (χ0v) is 10.1. The highest BCUT2D eigenvalue weighted by Gasteiger charge is 2.27. The minimum Gasteiger partial charge on any atom is -0.481 e. The molecule has 0 radical (unpaired) electrons. The first kappa shape index (κ1) is 11.1. The lowest BCUT2D eigenvalue weighted by Gasteiger charge is -2.21. The first-order valence-electron chi connectivity index (χ1n) is 5.99. The van der Waals surface area contributed by atoms with Gasteiger partial charge >= 0.3 is 5.97 Å². The Morgan fingerprint density at radius 3 is 3.06 bits per heavy atom. The van der Waals surface area contributed by atoms with E-state index in [9.17, 15) is 4.79 Å². The van der Waals surface area contributed by atoms with Crippen LogP contribution in [0.15, 0.2) is 22.7 Å². The third-order valence-electron chi connectivity index (χ3n) is 3.40. The number of hydrogen-bond donors (Lipinski definition) is 1. The lowest BCUT2D eigenvalue weighted by atomic mass is 9.96. The summed E-state index contributed by atoms with van der Waals surface area (Å²) in [5.41, 5.74) is 0.970. The van der Waals surface area contributed by atoms with Crippen molar-refractivity contribution in [2.75, 3.05) is 0 Å². The van der Waals surface area contributed by atoms with Crippen molar-refractivity contribution in [1.29, 1.82) is 0 Å². The topological polar surface area (TPSA) is 68.3 Å². The van der Waals surface area contributed by atoms with Crippen LogP contribution in [0.25, 0.3) is 11.6 Å². The molecular weight excluding hydrogens is 232 g/mol. The van der Waals surface area contributed by atoms with Crippen LogP contribution >= 0.6 is 0 Å². The smallest absolute Gasteiger partial charge is 0.306 e. The molecule has 1 N–H and O–H groups in total. The van der Waals surface area contributed by atoms with E-state index in [1.165, 1.54) is 0 Å². The molecule has 0 bridgehead atoms. The van der Waals surface area contributed by atoms with Crippen LogP contribution in [0.3, 0.4) is 0 Å². The Bertz CT molecular complexity index is 597. The number of furan rings is 1. The summed E-state index contributed by atoms with van der Waals surface area (Å²) >= 11 is 0. The summed E-state index contributed by atoms with van der Waals surface area (Å²) in [5, 5.41) is 9.04. The maximum atomic E-state index is 11.0. The second-order valence-electron chi connectivity index (χ2n) is 4.66. The van der Waals surface area contributed by atoms with Crippen molar-refractivity contribution in [3.8, 4) is 11.6 Å². The second kappa shape index (κ2) is 4.01. The summed E-state index contributed by atoms with van der Waals surface area (Å²) in [6, 6.07) is 3.80. The van der Waals surface area contributed by atoms with Crippen molar-refractivity contribution in [2.45, 2.75) is 26.3 Å². The van der Waals surface area contributed by atoms with E-state index in [2.05, 4.69) is 9.55 Å². The van der Waals surface area contributed by atoms with Crippen LogP contribution in [0.1, 0.15) is 17.9 Å². The average molecular weight is 246 g/mol. The zero-order valence-electron chi connectivity index (χ0n) is 10.1. The van der Waals surface area contributed by atoms with E-state index in [-0.39, 0.29) is 5.92 Å². The largest absolute Gasteiger partial charge is 0.481 e. The molecule has 3 rings (SSSR count). The molecule has 0 saturated carbocycles. The molecule has 5 nitrogen and oxygen atoms in total. The third kappa shape index (κ3) is 1.72. The number of carboxylic acid groups (broad SMARTS) is 1. The van der Waals surface area contributed by atoms with E-state index in [4.69, 9.17) is 9.52 Å². The standard InChI is InChI=1S/C13H14N2O3/c1-8-2-3-11(18-8)12-14-7-10-6-9(13(16)17)4-5-15(10)12/h2-3,7,9H,4-6H2,1H3,(H,16,17). The summed E-state index contributed by atoms with van der Waals surface area (Å²) in [6.45, 7) is 2.57. The van der Waals surface area contributed by atoms with Gasteiger partial charge < -0.3 is 14.1 Å². The summed E-state index contributed by atoms with van der Waals surface area (Å²) in [4.78, 5) is 15.3. The Balaban J connectivity index is 1.95. The van der Waals surface area contributed by atoms with E-state index in [0.717, 1.165) is 23.0 Å². The summed E-state index contributed by atoms with van der Waals surface area (Å²) in [7, 11) is 0. The van der Waals surface area contributed by atoms with Crippen molar-refractivity contribution in [3.63, 3.8) is 0 Å². The van der Waals surface area contributed by atoms with Crippen molar-refractivity contribution in [1.82, 2.24) is 9.55 Å². The molecule has 2 aromatic heterocycles. The van der Waals surface area contributed by atoms with Crippen LogP contribution in [-0.2, 0) is 17.8 Å². The number of imidazole rings is 1. The van der Waals surface area contributed by atoms with Gasteiger partial charge in [0.05, 0.1) is 5.92 Å². The van der Waals surface area contributed by atoms with Crippen molar-refractivity contribution in [2.24, 2.45) is 5.92 Å². The predicted molar refractivity (Wildman–Crippen MR) is 64.1 cm³/mol. The third-order valence-corrected chi connectivity index (χ3v) is 3.40. The van der Waals surface area contributed by atoms with Crippen LogP contribution in [-0.4, -0.2) is 20.6 Å². The number of carbonyl (C=O) groups is 1. The number of aromatic nitrogens is 2. The van der Waals surface area contributed by atoms with Crippen LogP contribution in [0.5, 0.6) is 0 Å². The van der Waals surface area contributed by atoms with Gasteiger partial charge in [-0.25, -0.2) is 4.98 Å². The maximum absolute atomic E-state index is 11.0. The fourth-order valence-corrected chi connectivity index (χ4v) is 2.43. The fraction of sp³-hybridized carbons (Fsp3) is 0.385. The first-order chi connectivity index (χ1) is 8.65. The minimum absolute atomic E-state index is 0.291. The Morgan fingerprint density at radius 1 is 1.56 bits per heavy atom. The molecule has 1 unspecified atom stereocenters. The number of carboxylic acids is 1. The van der Waals surface area contributed by atoms with Crippen LogP contribution in [0.4, 0.5) is 0 Å². The molecule has 0 amide bonds. The molecule has 1 atom stereocenters. The number of nitrogens with zero attached hydrogens (tertiary/aromatic N) is 2. The Hall–Kier alpha value is -2.04. The van der Waals surface area contributed by atoms with Crippen molar-refractivity contribution >= 4 is 5.97 Å².